The molecule has 0 radical (unpaired) electrons. The van der Waals surface area contributed by atoms with Gasteiger partial charge in [-0.25, -0.2) is 9.78 Å². The largest absolute Gasteiger partial charge is 0.439 e. The molecule has 6 nitrogen and oxygen atoms in total. The predicted molar refractivity (Wildman–Crippen MR) is 102 cm³/mol. The molecule has 0 saturated carbocycles. The van der Waals surface area contributed by atoms with Crippen molar-refractivity contribution in [2.24, 2.45) is 0 Å². The summed E-state index contributed by atoms with van der Waals surface area (Å²) >= 11 is 2.15. The van der Waals surface area contributed by atoms with Crippen LogP contribution in [0.15, 0.2) is 65.0 Å². The van der Waals surface area contributed by atoms with Crippen molar-refractivity contribution in [2.45, 2.75) is 11.1 Å². The Labute approximate surface area is 171 Å². The van der Waals surface area contributed by atoms with Crippen LogP contribution in [0.4, 0.5) is 18.0 Å². The Kier molecular flexibility index (Phi) is 6.39. The molecule has 0 aliphatic rings. The topological polar surface area (TPSA) is 80.3 Å². The lowest BCUT2D eigenvalue weighted by Crippen LogP contribution is -2.35. The summed E-state index contributed by atoms with van der Waals surface area (Å²) < 4.78 is 45.6. The number of pyridine rings is 1. The first-order valence-corrected chi connectivity index (χ1v) is 9.64. The average molecular weight is 439 g/mol. The van der Waals surface area contributed by atoms with Gasteiger partial charge < -0.3 is 4.74 Å². The van der Waals surface area contributed by atoms with Gasteiger partial charge in [0.25, 0.3) is 5.91 Å². The van der Waals surface area contributed by atoms with E-state index in [0.29, 0.717) is 21.7 Å². The van der Waals surface area contributed by atoms with Gasteiger partial charge in [-0.2, -0.15) is 13.2 Å². The lowest BCUT2D eigenvalue weighted by molar-refractivity contribution is -0.137. The lowest BCUT2D eigenvalue weighted by Gasteiger charge is -2.09. The fourth-order valence-corrected chi connectivity index (χ4v) is 3.24. The highest BCUT2D eigenvalue weighted by Gasteiger charge is 2.30. The Morgan fingerprint density at radius 1 is 1.10 bits per heavy atom. The number of aromatic nitrogens is 1. The number of amides is 3. The van der Waals surface area contributed by atoms with Crippen LogP contribution in [0.3, 0.4) is 0 Å². The molecule has 0 aliphatic carbocycles. The molecule has 0 spiro atoms. The van der Waals surface area contributed by atoms with Gasteiger partial charge in [0.15, 0.2) is 0 Å². The summed E-state index contributed by atoms with van der Waals surface area (Å²) in [5, 5.41) is 3.91. The number of rotatable bonds is 5. The van der Waals surface area contributed by atoms with Crippen LogP contribution >= 0.6 is 23.3 Å². The number of thiophene rings is 1. The molecule has 11 heteroatoms. The van der Waals surface area contributed by atoms with E-state index in [4.69, 9.17) is 4.74 Å². The lowest BCUT2D eigenvalue weighted by atomic mass is 10.3. The second-order valence-electron chi connectivity index (χ2n) is 5.42. The summed E-state index contributed by atoms with van der Waals surface area (Å²) in [5.74, 6) is -0.199. The maximum absolute atomic E-state index is 12.6. The summed E-state index contributed by atoms with van der Waals surface area (Å²) in [6, 6.07) is 11.1. The Morgan fingerprint density at radius 3 is 2.59 bits per heavy atom. The van der Waals surface area contributed by atoms with E-state index in [9.17, 15) is 22.8 Å². The highest BCUT2D eigenvalue weighted by Crippen LogP contribution is 2.30. The highest BCUT2D eigenvalue weighted by atomic mass is 32.2. The summed E-state index contributed by atoms with van der Waals surface area (Å²) in [6.07, 6.45) is -3.79. The molecule has 2 aromatic heterocycles. The first-order chi connectivity index (χ1) is 13.8. The zero-order valence-electron chi connectivity index (χ0n) is 14.4. The molecular formula is C18H12F3N3O3S2. The molecule has 2 heterocycles. The van der Waals surface area contributed by atoms with Gasteiger partial charge in [0.1, 0.15) is 5.75 Å². The van der Waals surface area contributed by atoms with E-state index >= 15 is 0 Å². The first-order valence-electron chi connectivity index (χ1n) is 7.94. The number of urea groups is 1. The molecule has 3 rings (SSSR count). The van der Waals surface area contributed by atoms with Crippen molar-refractivity contribution >= 4 is 35.2 Å². The third-order valence-corrected chi connectivity index (χ3v) is 4.97. The van der Waals surface area contributed by atoms with Gasteiger partial charge in [-0.3, -0.25) is 14.8 Å². The van der Waals surface area contributed by atoms with Crippen molar-refractivity contribution in [1.82, 2.24) is 15.0 Å². The Hall–Kier alpha value is -3.05. The monoisotopic (exact) mass is 439 g/mol. The minimum atomic E-state index is -4.47. The van der Waals surface area contributed by atoms with Crippen molar-refractivity contribution in [3.8, 4) is 11.6 Å². The summed E-state index contributed by atoms with van der Waals surface area (Å²) in [5.41, 5.74) is -0.874. The molecule has 3 aromatic rings. The van der Waals surface area contributed by atoms with Gasteiger partial charge in [-0.1, -0.05) is 12.1 Å². The van der Waals surface area contributed by atoms with Crippen molar-refractivity contribution in [2.75, 3.05) is 0 Å². The second-order valence-corrected chi connectivity index (χ2v) is 7.25. The molecule has 2 N–H and O–H groups in total. The van der Waals surface area contributed by atoms with Crippen molar-refractivity contribution < 1.29 is 27.5 Å². The number of hydrogen-bond donors (Lipinski definition) is 2. The smallest absolute Gasteiger partial charge is 0.417 e. The Morgan fingerprint density at radius 2 is 1.93 bits per heavy atom. The maximum atomic E-state index is 12.6. The minimum Gasteiger partial charge on any atom is -0.439 e. The van der Waals surface area contributed by atoms with Crippen LogP contribution < -0.4 is 14.8 Å². The number of nitrogens with zero attached hydrogens (tertiary/aromatic N) is 1. The molecule has 29 heavy (non-hydrogen) atoms. The maximum Gasteiger partial charge on any atom is 0.417 e. The van der Waals surface area contributed by atoms with E-state index in [1.807, 2.05) is 0 Å². The summed E-state index contributed by atoms with van der Waals surface area (Å²) in [6.45, 7) is 0. The third-order valence-electron chi connectivity index (χ3n) is 3.33. The average Bonchev–Trinajstić information content (AvgIpc) is 3.21. The van der Waals surface area contributed by atoms with Gasteiger partial charge in [-0.15, -0.1) is 11.3 Å². The van der Waals surface area contributed by atoms with Gasteiger partial charge in [0.2, 0.25) is 5.88 Å². The molecule has 0 bridgehead atoms. The highest BCUT2D eigenvalue weighted by molar-refractivity contribution is 7.98. The summed E-state index contributed by atoms with van der Waals surface area (Å²) in [4.78, 5) is 28.2. The van der Waals surface area contributed by atoms with Crippen LogP contribution in [0.5, 0.6) is 11.6 Å². The number of halogens is 3. The van der Waals surface area contributed by atoms with Crippen molar-refractivity contribution in [1.29, 1.82) is 0 Å². The molecular weight excluding hydrogens is 427 g/mol. The molecule has 150 valence electrons. The van der Waals surface area contributed by atoms with Gasteiger partial charge in [-0.05, 0) is 47.7 Å². The van der Waals surface area contributed by atoms with Crippen LogP contribution in [-0.2, 0) is 6.18 Å². The quantitative estimate of drug-likeness (QED) is 0.541. The van der Waals surface area contributed by atoms with E-state index in [1.54, 1.807) is 41.8 Å². The van der Waals surface area contributed by atoms with E-state index in [0.717, 1.165) is 24.1 Å². The molecule has 0 fully saturated rings. The molecule has 3 amide bonds. The van der Waals surface area contributed by atoms with E-state index in [-0.39, 0.29) is 5.88 Å². The van der Waals surface area contributed by atoms with Crippen LogP contribution in [0.1, 0.15) is 15.2 Å². The number of carbonyl (C=O) groups excluding carboxylic acids is 2. The van der Waals surface area contributed by atoms with Crippen LogP contribution in [-0.4, -0.2) is 16.9 Å². The second kappa shape index (κ2) is 8.97. The summed E-state index contributed by atoms with van der Waals surface area (Å²) in [7, 11) is 0. The Bertz CT molecular complexity index is 994. The Balaban J connectivity index is 1.55. The zero-order valence-corrected chi connectivity index (χ0v) is 16.0. The standard InChI is InChI=1S/C18H12F3N3O3S2/c19-18(20,21)11-6-7-15(22-10-11)27-12-3-1-4-13(9-12)29-24-17(26)23-16(25)14-5-2-8-28-14/h1-10H,(H2,23,24,25,26). The van der Waals surface area contributed by atoms with E-state index in [2.05, 4.69) is 15.0 Å². The van der Waals surface area contributed by atoms with Crippen LogP contribution in [0.2, 0.25) is 0 Å². The molecule has 1 aromatic carbocycles. The number of ether oxygens (including phenoxy) is 1. The minimum absolute atomic E-state index is 0.00704. The normalized spacial score (nSPS) is 11.0. The molecule has 0 aliphatic heterocycles. The van der Waals surface area contributed by atoms with Crippen molar-refractivity contribution in [3.05, 3.63) is 70.5 Å². The van der Waals surface area contributed by atoms with E-state index in [1.165, 1.54) is 11.3 Å². The number of imide groups is 1. The van der Waals surface area contributed by atoms with Gasteiger partial charge in [0.05, 0.1) is 10.4 Å². The van der Waals surface area contributed by atoms with Gasteiger partial charge >= 0.3 is 12.2 Å². The fourth-order valence-electron chi connectivity index (χ4n) is 2.03. The SMILES string of the molecule is O=C(NSc1cccc(Oc2ccc(C(F)(F)F)cn2)c1)NC(=O)c1cccs1. The third kappa shape index (κ3) is 5.96. The van der Waals surface area contributed by atoms with Gasteiger partial charge in [0, 0.05) is 17.2 Å². The molecule has 0 atom stereocenters. The van der Waals surface area contributed by atoms with Crippen LogP contribution in [0.25, 0.3) is 0 Å². The molecule has 0 unspecified atom stereocenters. The first kappa shape index (κ1) is 20.7. The fraction of sp³-hybridized carbons (Fsp3) is 0.0556. The number of benzene rings is 1. The van der Waals surface area contributed by atoms with Crippen LogP contribution in [0, 0.1) is 0 Å². The number of hydrogen-bond acceptors (Lipinski definition) is 6. The number of alkyl halides is 3. The number of carbonyl (C=O) groups is 2. The van der Waals surface area contributed by atoms with E-state index < -0.39 is 23.7 Å². The predicted octanol–water partition coefficient (Wildman–Crippen LogP) is 5.10. The molecule has 0 saturated heterocycles. The number of nitrogens with one attached hydrogen (secondary N) is 2. The van der Waals surface area contributed by atoms with Crippen molar-refractivity contribution in [3.63, 3.8) is 0 Å². The zero-order chi connectivity index (χ0) is 20.9.